The van der Waals surface area contributed by atoms with E-state index >= 15 is 0 Å². The van der Waals surface area contributed by atoms with Gasteiger partial charge in [-0.05, 0) is 55.4 Å². The number of likely N-dealkylation sites (tertiary alicyclic amines) is 2. The fourth-order valence-electron chi connectivity index (χ4n) is 9.15. The molecule has 11 atom stereocenters. The van der Waals surface area contributed by atoms with Crippen molar-refractivity contribution in [3.63, 3.8) is 0 Å². The summed E-state index contributed by atoms with van der Waals surface area (Å²) in [6, 6.07) is 5.61. The van der Waals surface area contributed by atoms with Crippen molar-refractivity contribution in [2.75, 3.05) is 27.8 Å². The van der Waals surface area contributed by atoms with Crippen LogP contribution in [-0.2, 0) is 44.7 Å². The van der Waals surface area contributed by atoms with Crippen LogP contribution in [0, 0.1) is 23.7 Å². The van der Waals surface area contributed by atoms with Crippen LogP contribution in [0.5, 0.6) is 0 Å². The molecule has 306 valence electrons. The highest BCUT2D eigenvalue weighted by Crippen LogP contribution is 2.41. The molecule has 11 unspecified atom stereocenters. The zero-order valence-electron chi connectivity index (χ0n) is 33.8. The van der Waals surface area contributed by atoms with Crippen LogP contribution in [0.3, 0.4) is 0 Å². The molecule has 14 heteroatoms. The summed E-state index contributed by atoms with van der Waals surface area (Å²) in [5.41, 5.74) is 0.778. The Morgan fingerprint density at radius 2 is 1.69 bits per heavy atom. The van der Waals surface area contributed by atoms with Crippen molar-refractivity contribution in [1.82, 2.24) is 25.3 Å². The van der Waals surface area contributed by atoms with Crippen LogP contribution in [-0.4, -0.2) is 132 Å². The largest absolute Gasteiger partial charge is 0.480 e. The van der Waals surface area contributed by atoms with Crippen LogP contribution in [0.2, 0.25) is 0 Å². The molecule has 5 amide bonds. The van der Waals surface area contributed by atoms with Crippen LogP contribution >= 0.6 is 0 Å². The third-order valence-electron chi connectivity index (χ3n) is 12.4. The van der Waals surface area contributed by atoms with Crippen molar-refractivity contribution >= 4 is 36.0 Å². The highest BCUT2D eigenvalue weighted by atomic mass is 16.5. The van der Waals surface area contributed by atoms with E-state index in [2.05, 4.69) is 10.6 Å². The minimum Gasteiger partial charge on any atom is -0.480 e. The highest BCUT2D eigenvalue weighted by Gasteiger charge is 2.50. The van der Waals surface area contributed by atoms with Crippen molar-refractivity contribution in [2.45, 2.75) is 134 Å². The van der Waals surface area contributed by atoms with Crippen LogP contribution in [0.25, 0.3) is 0 Å². The summed E-state index contributed by atoms with van der Waals surface area (Å²) in [5, 5.41) is 15.6. The number of benzene rings is 1. The maximum atomic E-state index is 14.3. The van der Waals surface area contributed by atoms with Gasteiger partial charge in [-0.15, -0.1) is 0 Å². The number of hydrogen-bond acceptors (Lipinski definition) is 8. The Kier molecular flexibility index (Phi) is 15.7. The predicted octanol–water partition coefficient (Wildman–Crippen LogP) is 2.87. The lowest BCUT2D eigenvalue weighted by Gasteiger charge is -2.41. The molecular weight excluding hydrogens is 706 g/mol. The SMILES string of the molecule is CCC(C)C(C(CC(=O)N1CCCC1C(OC)C(C)C(=O)NC(Cc1ccccc1)C(=O)O)OC)N(C)C(=O)C(NC(=O)C1C2CCC(C2)N1C=O)C(C)C. The second-order valence-corrected chi connectivity index (χ2v) is 16.1. The van der Waals surface area contributed by atoms with Crippen molar-refractivity contribution in [1.29, 1.82) is 0 Å². The number of carbonyl (C=O) groups excluding carboxylic acids is 5. The zero-order chi connectivity index (χ0) is 40.6. The van der Waals surface area contributed by atoms with Gasteiger partial charge in [0.15, 0.2) is 0 Å². The maximum Gasteiger partial charge on any atom is 0.326 e. The average molecular weight is 770 g/mol. The van der Waals surface area contributed by atoms with Crippen LogP contribution in [0.4, 0.5) is 0 Å². The van der Waals surface area contributed by atoms with Crippen LogP contribution < -0.4 is 10.6 Å². The molecule has 2 aliphatic heterocycles. The second-order valence-electron chi connectivity index (χ2n) is 16.1. The molecule has 2 saturated heterocycles. The lowest BCUT2D eigenvalue weighted by Crippen LogP contribution is -2.60. The molecule has 55 heavy (non-hydrogen) atoms. The summed E-state index contributed by atoms with van der Waals surface area (Å²) < 4.78 is 11.9. The van der Waals surface area contributed by atoms with E-state index in [1.54, 1.807) is 28.7 Å². The molecule has 0 spiro atoms. The highest BCUT2D eigenvalue weighted by molar-refractivity contribution is 5.91. The van der Waals surface area contributed by atoms with Gasteiger partial charge in [0.25, 0.3) is 0 Å². The van der Waals surface area contributed by atoms with E-state index in [0.29, 0.717) is 25.8 Å². The van der Waals surface area contributed by atoms with E-state index in [-0.39, 0.29) is 54.4 Å². The molecule has 1 aliphatic carbocycles. The van der Waals surface area contributed by atoms with Gasteiger partial charge in [0.05, 0.1) is 36.6 Å². The Labute approximate surface area is 326 Å². The number of hydrogen-bond donors (Lipinski definition) is 3. The van der Waals surface area contributed by atoms with E-state index in [1.165, 1.54) is 14.2 Å². The fourth-order valence-corrected chi connectivity index (χ4v) is 9.15. The minimum atomic E-state index is -1.15. The number of carboxylic acids is 1. The fraction of sp³-hybridized carbons (Fsp3) is 0.707. The number of nitrogens with zero attached hydrogens (tertiary/aromatic N) is 3. The van der Waals surface area contributed by atoms with Crippen LogP contribution in [0.15, 0.2) is 30.3 Å². The van der Waals surface area contributed by atoms with Gasteiger partial charge in [0.2, 0.25) is 30.0 Å². The molecule has 0 radical (unpaired) electrons. The first-order valence-electron chi connectivity index (χ1n) is 19.9. The van der Waals surface area contributed by atoms with E-state index < -0.39 is 60.2 Å². The molecule has 1 aromatic carbocycles. The third kappa shape index (κ3) is 10.0. The summed E-state index contributed by atoms with van der Waals surface area (Å²) in [6.45, 7) is 9.89. The lowest BCUT2D eigenvalue weighted by atomic mass is 9.89. The number of carbonyl (C=O) groups is 6. The Morgan fingerprint density at radius 3 is 2.27 bits per heavy atom. The molecule has 2 heterocycles. The number of fused-ring (bicyclic) bond motifs is 2. The molecule has 3 N–H and O–H groups in total. The summed E-state index contributed by atoms with van der Waals surface area (Å²) in [7, 11) is 4.70. The number of ether oxygens (including phenoxy) is 2. The van der Waals surface area contributed by atoms with Gasteiger partial charge in [-0.2, -0.15) is 0 Å². The summed E-state index contributed by atoms with van der Waals surface area (Å²) in [6.07, 6.45) is 4.00. The molecule has 14 nitrogen and oxygen atoms in total. The molecule has 2 bridgehead atoms. The standard InChI is InChI=1S/C41H63N5O9/c1-9-25(4)35(44(6)40(51)34(24(2)3)43-39(50)36-28-17-18-29(21-28)46(36)23-47)32(54-7)22-33(48)45-19-13-16-31(45)37(55-8)26(5)38(49)42-30(41(52)53)20-27-14-11-10-12-15-27/h10-12,14-15,23-26,28-32,34-37H,9,13,16-22H2,1-8H3,(H,42,49)(H,43,50)(H,52,53). The first-order valence-corrected chi connectivity index (χ1v) is 19.9. The number of methoxy groups -OCH3 is 2. The van der Waals surface area contributed by atoms with Gasteiger partial charge >= 0.3 is 5.97 Å². The van der Waals surface area contributed by atoms with Gasteiger partial charge in [-0.3, -0.25) is 24.0 Å². The molecule has 1 saturated carbocycles. The summed E-state index contributed by atoms with van der Waals surface area (Å²) >= 11 is 0. The van der Waals surface area contributed by atoms with E-state index in [9.17, 15) is 33.9 Å². The van der Waals surface area contributed by atoms with E-state index in [1.807, 2.05) is 58.0 Å². The van der Waals surface area contributed by atoms with Crippen molar-refractivity contribution < 1.29 is 43.3 Å². The minimum absolute atomic E-state index is 0.0348. The number of carboxylic acid groups (broad SMARTS) is 1. The van der Waals surface area contributed by atoms with Crippen molar-refractivity contribution in [2.24, 2.45) is 23.7 Å². The van der Waals surface area contributed by atoms with Gasteiger partial charge in [0.1, 0.15) is 18.1 Å². The van der Waals surface area contributed by atoms with E-state index in [4.69, 9.17) is 9.47 Å². The third-order valence-corrected chi connectivity index (χ3v) is 12.4. The van der Waals surface area contributed by atoms with Gasteiger partial charge < -0.3 is 39.9 Å². The van der Waals surface area contributed by atoms with E-state index in [0.717, 1.165) is 31.2 Å². The Bertz CT molecular complexity index is 1490. The zero-order valence-corrected chi connectivity index (χ0v) is 33.8. The number of amides is 5. The molecule has 3 fully saturated rings. The van der Waals surface area contributed by atoms with Gasteiger partial charge in [0, 0.05) is 40.3 Å². The Balaban J connectivity index is 1.46. The smallest absolute Gasteiger partial charge is 0.326 e. The first kappa shape index (κ1) is 43.7. The molecule has 0 aromatic heterocycles. The number of piperidine rings is 1. The summed E-state index contributed by atoms with van der Waals surface area (Å²) in [4.78, 5) is 84.5. The molecule has 4 rings (SSSR count). The number of likely N-dealkylation sites (N-methyl/N-ethyl adjacent to an activating group) is 1. The van der Waals surface area contributed by atoms with Crippen LogP contribution in [0.1, 0.15) is 85.1 Å². The Hall–Kier alpha value is -4.04. The predicted molar refractivity (Wildman–Crippen MR) is 205 cm³/mol. The summed E-state index contributed by atoms with van der Waals surface area (Å²) in [5.74, 6) is -3.45. The number of rotatable bonds is 20. The average Bonchev–Trinajstić information content (AvgIpc) is 3.94. The van der Waals surface area contributed by atoms with Crippen molar-refractivity contribution in [3.05, 3.63) is 35.9 Å². The van der Waals surface area contributed by atoms with Gasteiger partial charge in [-0.1, -0.05) is 71.4 Å². The topological polar surface area (TPSA) is 175 Å². The maximum absolute atomic E-state index is 14.3. The Morgan fingerprint density at radius 1 is 1.00 bits per heavy atom. The molecule has 1 aromatic rings. The molecule has 3 aliphatic rings. The van der Waals surface area contributed by atoms with Crippen molar-refractivity contribution in [3.8, 4) is 0 Å². The number of aliphatic carboxylic acids is 1. The van der Waals surface area contributed by atoms with Gasteiger partial charge in [-0.25, -0.2) is 4.79 Å². The number of nitrogens with one attached hydrogen (secondary N) is 2. The normalized spacial score (nSPS) is 24.4. The first-order chi connectivity index (χ1) is 26.2. The lowest BCUT2D eigenvalue weighted by molar-refractivity contribution is -0.148. The molecular formula is C41H63N5O9. The quantitative estimate of drug-likeness (QED) is 0.169. The second kappa shape index (κ2) is 19.7. The monoisotopic (exact) mass is 769 g/mol.